The minimum absolute atomic E-state index is 0.115. The zero-order chi connectivity index (χ0) is 24.8. The van der Waals surface area contributed by atoms with Crippen molar-refractivity contribution in [2.75, 3.05) is 13.2 Å². The highest BCUT2D eigenvalue weighted by Gasteiger charge is 2.32. The van der Waals surface area contributed by atoms with Crippen molar-refractivity contribution in [3.05, 3.63) is 17.7 Å². The van der Waals surface area contributed by atoms with E-state index >= 15 is 0 Å². The second kappa shape index (κ2) is 15.4. The molecular formula is C26H42O7. The summed E-state index contributed by atoms with van der Waals surface area (Å²) in [4.78, 5) is 25.8. The van der Waals surface area contributed by atoms with Crippen molar-refractivity contribution in [1.82, 2.24) is 0 Å². The van der Waals surface area contributed by atoms with Gasteiger partial charge in [-0.05, 0) is 48.8 Å². The largest absolute Gasteiger partial charge is 0.504 e. The molecular weight excluding hydrogens is 424 g/mol. The van der Waals surface area contributed by atoms with Crippen molar-refractivity contribution in [2.45, 2.75) is 85.5 Å². The Morgan fingerprint density at radius 2 is 1.21 bits per heavy atom. The zero-order valence-corrected chi connectivity index (χ0v) is 20.6. The van der Waals surface area contributed by atoms with E-state index in [0.29, 0.717) is 5.56 Å². The minimum atomic E-state index is -1.22. The quantitative estimate of drug-likeness (QED) is 0.168. The molecule has 188 valence electrons. The maximum Gasteiger partial charge on any atom is 0.320 e. The number of ether oxygens (including phenoxy) is 2. The molecule has 0 aliphatic heterocycles. The van der Waals surface area contributed by atoms with Crippen LogP contribution in [0.4, 0.5) is 0 Å². The van der Waals surface area contributed by atoms with Crippen LogP contribution in [0, 0.1) is 17.8 Å². The first-order valence-electron chi connectivity index (χ1n) is 12.3. The van der Waals surface area contributed by atoms with Gasteiger partial charge in [0.1, 0.15) is 0 Å². The van der Waals surface area contributed by atoms with Crippen LogP contribution in [0.15, 0.2) is 12.1 Å². The molecule has 0 amide bonds. The van der Waals surface area contributed by atoms with Crippen LogP contribution in [0.5, 0.6) is 17.2 Å². The molecule has 0 aliphatic rings. The summed E-state index contributed by atoms with van der Waals surface area (Å²) in [6.07, 6.45) is 7.74. The molecule has 1 rings (SSSR count). The average molecular weight is 467 g/mol. The standard InChI is InChI=1S/C26H42O7/c1-5-9-11-18(7-3)16-32-25(30)21(13-20-14-22(27)24(29)23(28)15-20)26(31)33-17-19(8-4)12-10-6-2/h14-15,18-19,21,27-29H,5-13,16-17H2,1-4H3. The van der Waals surface area contributed by atoms with Crippen LogP contribution in [-0.2, 0) is 25.5 Å². The number of phenols is 3. The number of benzene rings is 1. The summed E-state index contributed by atoms with van der Waals surface area (Å²) in [5, 5.41) is 29.2. The van der Waals surface area contributed by atoms with E-state index in [9.17, 15) is 24.9 Å². The van der Waals surface area contributed by atoms with E-state index in [1.165, 1.54) is 12.1 Å². The predicted molar refractivity (Wildman–Crippen MR) is 127 cm³/mol. The first-order valence-corrected chi connectivity index (χ1v) is 12.3. The molecule has 0 radical (unpaired) electrons. The van der Waals surface area contributed by atoms with Crippen LogP contribution >= 0.6 is 0 Å². The molecule has 0 saturated heterocycles. The van der Waals surface area contributed by atoms with Gasteiger partial charge in [0.15, 0.2) is 23.2 Å². The predicted octanol–water partition coefficient (Wildman–Crippen LogP) is 5.48. The van der Waals surface area contributed by atoms with Crippen molar-refractivity contribution < 1.29 is 34.4 Å². The number of carbonyl (C=O) groups is 2. The first kappa shape index (κ1) is 28.6. The number of unbranched alkanes of at least 4 members (excludes halogenated alkanes) is 2. The van der Waals surface area contributed by atoms with Crippen LogP contribution in [-0.4, -0.2) is 40.5 Å². The third-order valence-electron chi connectivity index (χ3n) is 6.15. The van der Waals surface area contributed by atoms with Crippen LogP contribution in [0.2, 0.25) is 0 Å². The highest BCUT2D eigenvalue weighted by Crippen LogP contribution is 2.36. The van der Waals surface area contributed by atoms with E-state index in [4.69, 9.17) is 9.47 Å². The molecule has 1 aromatic rings. The highest BCUT2D eigenvalue weighted by molar-refractivity contribution is 5.95. The molecule has 7 heteroatoms. The van der Waals surface area contributed by atoms with E-state index in [2.05, 4.69) is 13.8 Å². The lowest BCUT2D eigenvalue weighted by atomic mass is 9.97. The summed E-state index contributed by atoms with van der Waals surface area (Å²) >= 11 is 0. The third kappa shape index (κ3) is 9.93. The molecule has 0 bridgehead atoms. The molecule has 0 fully saturated rings. The number of hydrogen-bond donors (Lipinski definition) is 3. The van der Waals surface area contributed by atoms with Gasteiger partial charge in [-0.15, -0.1) is 0 Å². The topological polar surface area (TPSA) is 113 Å². The summed E-state index contributed by atoms with van der Waals surface area (Å²) in [6, 6.07) is 2.43. The molecule has 33 heavy (non-hydrogen) atoms. The minimum Gasteiger partial charge on any atom is -0.504 e. The van der Waals surface area contributed by atoms with Crippen molar-refractivity contribution in [1.29, 1.82) is 0 Å². The smallest absolute Gasteiger partial charge is 0.320 e. The Morgan fingerprint density at radius 1 is 0.788 bits per heavy atom. The molecule has 2 atom stereocenters. The van der Waals surface area contributed by atoms with Gasteiger partial charge in [0, 0.05) is 0 Å². The number of rotatable bonds is 16. The van der Waals surface area contributed by atoms with Gasteiger partial charge < -0.3 is 24.8 Å². The summed E-state index contributed by atoms with van der Waals surface area (Å²) in [7, 11) is 0. The SMILES string of the molecule is CCCCC(CC)COC(=O)C(Cc1cc(O)c(O)c(O)c1)C(=O)OCC(CC)CCCC. The number of esters is 2. The average Bonchev–Trinajstić information content (AvgIpc) is 2.80. The van der Waals surface area contributed by atoms with Gasteiger partial charge in [-0.25, -0.2) is 0 Å². The molecule has 0 aromatic heterocycles. The maximum absolute atomic E-state index is 12.9. The molecule has 1 aromatic carbocycles. The van der Waals surface area contributed by atoms with E-state index in [-0.39, 0.29) is 31.5 Å². The van der Waals surface area contributed by atoms with Crippen LogP contribution in [0.25, 0.3) is 0 Å². The maximum atomic E-state index is 12.9. The Hall–Kier alpha value is -2.44. The van der Waals surface area contributed by atoms with Gasteiger partial charge in [-0.3, -0.25) is 9.59 Å². The molecule has 0 heterocycles. The van der Waals surface area contributed by atoms with E-state index in [0.717, 1.165) is 51.4 Å². The van der Waals surface area contributed by atoms with Gasteiger partial charge in [0.05, 0.1) is 13.2 Å². The summed E-state index contributed by atoms with van der Waals surface area (Å²) in [6.45, 7) is 8.78. The van der Waals surface area contributed by atoms with Crippen LogP contribution < -0.4 is 0 Å². The fourth-order valence-corrected chi connectivity index (χ4v) is 3.67. The van der Waals surface area contributed by atoms with Crippen molar-refractivity contribution >= 4 is 11.9 Å². The number of carbonyl (C=O) groups excluding carboxylic acids is 2. The first-order chi connectivity index (χ1) is 15.8. The Balaban J connectivity index is 2.95. The summed E-state index contributed by atoms with van der Waals surface area (Å²) in [5.74, 6) is -3.82. The number of aromatic hydroxyl groups is 3. The van der Waals surface area contributed by atoms with Crippen molar-refractivity contribution in [2.24, 2.45) is 17.8 Å². The highest BCUT2D eigenvalue weighted by atomic mass is 16.6. The Kier molecular flexibility index (Phi) is 13.3. The molecule has 7 nitrogen and oxygen atoms in total. The van der Waals surface area contributed by atoms with E-state index in [1.807, 2.05) is 13.8 Å². The Labute approximate surface area is 198 Å². The number of phenolic OH excluding ortho intramolecular Hbond substituents is 3. The molecule has 2 unspecified atom stereocenters. The fraction of sp³-hybridized carbons (Fsp3) is 0.692. The van der Waals surface area contributed by atoms with Crippen molar-refractivity contribution in [3.8, 4) is 17.2 Å². The van der Waals surface area contributed by atoms with E-state index in [1.54, 1.807) is 0 Å². The lowest BCUT2D eigenvalue weighted by molar-refractivity contribution is -0.163. The van der Waals surface area contributed by atoms with Crippen molar-refractivity contribution in [3.63, 3.8) is 0 Å². The zero-order valence-electron chi connectivity index (χ0n) is 20.6. The van der Waals surface area contributed by atoms with Gasteiger partial charge in [0.25, 0.3) is 0 Å². The van der Waals surface area contributed by atoms with Crippen LogP contribution in [0.1, 0.15) is 84.6 Å². The monoisotopic (exact) mass is 466 g/mol. The third-order valence-corrected chi connectivity index (χ3v) is 6.15. The fourth-order valence-electron chi connectivity index (χ4n) is 3.67. The second-order valence-electron chi connectivity index (χ2n) is 8.83. The van der Waals surface area contributed by atoms with E-state index < -0.39 is 35.1 Å². The lowest BCUT2D eigenvalue weighted by Crippen LogP contribution is -2.32. The molecule has 0 spiro atoms. The molecule has 0 aliphatic carbocycles. The Morgan fingerprint density at radius 3 is 1.58 bits per heavy atom. The van der Waals surface area contributed by atoms with Gasteiger partial charge >= 0.3 is 11.9 Å². The molecule has 0 saturated carbocycles. The number of hydrogen-bond acceptors (Lipinski definition) is 7. The Bertz CT molecular complexity index is 676. The summed E-state index contributed by atoms with van der Waals surface area (Å²) in [5.41, 5.74) is 0.317. The lowest BCUT2D eigenvalue weighted by Gasteiger charge is -2.20. The normalized spacial score (nSPS) is 13.8. The molecule has 3 N–H and O–H groups in total. The van der Waals surface area contributed by atoms with Gasteiger partial charge in [-0.2, -0.15) is 0 Å². The second-order valence-corrected chi connectivity index (χ2v) is 8.83. The van der Waals surface area contributed by atoms with Crippen LogP contribution in [0.3, 0.4) is 0 Å². The van der Waals surface area contributed by atoms with Gasteiger partial charge in [-0.1, -0.05) is 66.2 Å². The van der Waals surface area contributed by atoms with Gasteiger partial charge in [0.2, 0.25) is 0 Å². The summed E-state index contributed by atoms with van der Waals surface area (Å²) < 4.78 is 11.0.